The molecule has 1 aromatic rings. The van der Waals surface area contributed by atoms with Crippen molar-refractivity contribution < 1.29 is 4.79 Å². The number of hydrogen-bond donors (Lipinski definition) is 2. The number of aromatic nitrogens is 1. The molecule has 1 aliphatic rings. The molecule has 19 heavy (non-hydrogen) atoms. The van der Waals surface area contributed by atoms with E-state index in [0.29, 0.717) is 12.5 Å². The van der Waals surface area contributed by atoms with Crippen molar-refractivity contribution in [3.05, 3.63) is 24.4 Å². The summed E-state index contributed by atoms with van der Waals surface area (Å²) in [6, 6.07) is 6.41. The molecule has 1 aliphatic heterocycles. The molecule has 0 bridgehead atoms. The van der Waals surface area contributed by atoms with E-state index >= 15 is 0 Å². The van der Waals surface area contributed by atoms with Crippen molar-refractivity contribution in [2.75, 3.05) is 32.0 Å². The number of pyridine rings is 1. The molecule has 104 valence electrons. The van der Waals surface area contributed by atoms with E-state index in [2.05, 4.69) is 20.5 Å². The minimum Gasteiger partial charge on any atom is -0.367 e. The number of rotatable bonds is 5. The maximum Gasteiger partial charge on any atom is 0.221 e. The summed E-state index contributed by atoms with van der Waals surface area (Å²) < 4.78 is 0. The molecule has 0 aliphatic carbocycles. The molecule has 0 atom stereocenters. The highest BCUT2D eigenvalue weighted by atomic mass is 16.1. The first-order valence-electron chi connectivity index (χ1n) is 6.88. The summed E-state index contributed by atoms with van der Waals surface area (Å²) in [5, 5.41) is 6.12. The van der Waals surface area contributed by atoms with Crippen LogP contribution in [0.1, 0.15) is 19.3 Å². The van der Waals surface area contributed by atoms with Crippen LogP contribution in [-0.2, 0) is 4.79 Å². The summed E-state index contributed by atoms with van der Waals surface area (Å²) in [6.45, 7) is 2.94. The van der Waals surface area contributed by atoms with Gasteiger partial charge in [0.1, 0.15) is 5.82 Å². The first-order chi connectivity index (χ1) is 9.28. The van der Waals surface area contributed by atoms with Crippen LogP contribution in [0.15, 0.2) is 24.4 Å². The maximum atomic E-state index is 11.2. The van der Waals surface area contributed by atoms with E-state index in [-0.39, 0.29) is 5.91 Å². The highest BCUT2D eigenvalue weighted by molar-refractivity contribution is 5.75. The number of carbonyl (C=O) groups excluding carboxylic acids is 1. The van der Waals surface area contributed by atoms with Gasteiger partial charge in [-0.05, 0) is 25.0 Å². The van der Waals surface area contributed by atoms with Crippen molar-refractivity contribution in [2.24, 2.45) is 0 Å². The van der Waals surface area contributed by atoms with Gasteiger partial charge in [-0.15, -0.1) is 0 Å². The standard InChI is InChI=1S/C14H22N4O/c1-15-14(19)7-11-18-9-5-12(6-10-18)17-13-4-2-3-8-16-13/h2-4,8,12H,5-7,9-11H2,1H3,(H,15,19)(H,16,17). The Bertz CT molecular complexity index is 388. The van der Waals surface area contributed by atoms with E-state index < -0.39 is 0 Å². The minimum atomic E-state index is 0.119. The zero-order valence-electron chi connectivity index (χ0n) is 11.4. The SMILES string of the molecule is CNC(=O)CCN1CCC(Nc2ccccn2)CC1. The van der Waals surface area contributed by atoms with Crippen LogP contribution in [0.25, 0.3) is 0 Å². The lowest BCUT2D eigenvalue weighted by Crippen LogP contribution is -2.40. The molecule has 1 fully saturated rings. The van der Waals surface area contributed by atoms with Gasteiger partial charge in [-0.1, -0.05) is 6.07 Å². The third-order valence-electron chi connectivity index (χ3n) is 3.54. The fraction of sp³-hybridized carbons (Fsp3) is 0.571. The van der Waals surface area contributed by atoms with Crippen molar-refractivity contribution in [1.29, 1.82) is 0 Å². The van der Waals surface area contributed by atoms with Gasteiger partial charge in [0.2, 0.25) is 5.91 Å². The average molecular weight is 262 g/mol. The second-order valence-corrected chi connectivity index (χ2v) is 4.90. The number of likely N-dealkylation sites (tertiary alicyclic amines) is 1. The Kier molecular flexibility index (Phi) is 5.15. The largest absolute Gasteiger partial charge is 0.367 e. The van der Waals surface area contributed by atoms with Crippen LogP contribution in [0, 0.1) is 0 Å². The van der Waals surface area contributed by atoms with Gasteiger partial charge in [-0.3, -0.25) is 4.79 Å². The fourth-order valence-corrected chi connectivity index (χ4v) is 2.34. The lowest BCUT2D eigenvalue weighted by Gasteiger charge is -2.32. The van der Waals surface area contributed by atoms with Crippen LogP contribution < -0.4 is 10.6 Å². The molecule has 2 heterocycles. The first kappa shape index (κ1) is 13.8. The van der Waals surface area contributed by atoms with E-state index in [0.717, 1.165) is 38.3 Å². The van der Waals surface area contributed by atoms with E-state index in [1.165, 1.54) is 0 Å². The van der Waals surface area contributed by atoms with Crippen LogP contribution in [0.3, 0.4) is 0 Å². The number of piperidine rings is 1. The normalized spacial score (nSPS) is 17.1. The molecule has 0 aromatic carbocycles. The molecule has 2 rings (SSSR count). The minimum absolute atomic E-state index is 0.119. The van der Waals surface area contributed by atoms with Gasteiger partial charge < -0.3 is 15.5 Å². The molecule has 1 amide bonds. The first-order valence-corrected chi connectivity index (χ1v) is 6.88. The summed E-state index contributed by atoms with van der Waals surface area (Å²) >= 11 is 0. The van der Waals surface area contributed by atoms with Gasteiger partial charge in [0.25, 0.3) is 0 Å². The smallest absolute Gasteiger partial charge is 0.221 e. The lowest BCUT2D eigenvalue weighted by atomic mass is 10.0. The lowest BCUT2D eigenvalue weighted by molar-refractivity contribution is -0.121. The van der Waals surface area contributed by atoms with Crippen LogP contribution in [-0.4, -0.2) is 48.5 Å². The molecule has 2 N–H and O–H groups in total. The fourth-order valence-electron chi connectivity index (χ4n) is 2.34. The van der Waals surface area contributed by atoms with Gasteiger partial charge in [-0.25, -0.2) is 4.98 Å². The monoisotopic (exact) mass is 262 g/mol. The summed E-state index contributed by atoms with van der Waals surface area (Å²) in [4.78, 5) is 17.8. The molecule has 1 aromatic heterocycles. The summed E-state index contributed by atoms with van der Waals surface area (Å²) in [5.74, 6) is 1.07. The van der Waals surface area contributed by atoms with Crippen molar-refractivity contribution in [3.63, 3.8) is 0 Å². The van der Waals surface area contributed by atoms with E-state index in [4.69, 9.17) is 0 Å². The van der Waals surface area contributed by atoms with Crippen LogP contribution >= 0.6 is 0 Å². The molecule has 0 saturated carbocycles. The van der Waals surface area contributed by atoms with Gasteiger partial charge >= 0.3 is 0 Å². The molecule has 0 radical (unpaired) electrons. The predicted molar refractivity (Wildman–Crippen MR) is 76.0 cm³/mol. The maximum absolute atomic E-state index is 11.2. The Balaban J connectivity index is 1.69. The zero-order chi connectivity index (χ0) is 13.5. The summed E-state index contributed by atoms with van der Waals surface area (Å²) in [5.41, 5.74) is 0. The quantitative estimate of drug-likeness (QED) is 0.834. The van der Waals surface area contributed by atoms with E-state index in [9.17, 15) is 4.79 Å². The molecular formula is C14H22N4O. The van der Waals surface area contributed by atoms with Crippen LogP contribution in [0.5, 0.6) is 0 Å². The topological polar surface area (TPSA) is 57.3 Å². The van der Waals surface area contributed by atoms with E-state index in [1.807, 2.05) is 18.2 Å². The molecule has 5 nitrogen and oxygen atoms in total. The molecule has 0 unspecified atom stereocenters. The second kappa shape index (κ2) is 7.09. The van der Waals surface area contributed by atoms with Crippen LogP contribution in [0.2, 0.25) is 0 Å². The Morgan fingerprint density at radius 1 is 1.42 bits per heavy atom. The van der Waals surface area contributed by atoms with Crippen molar-refractivity contribution in [1.82, 2.24) is 15.2 Å². The Morgan fingerprint density at radius 3 is 2.84 bits per heavy atom. The molecule has 5 heteroatoms. The van der Waals surface area contributed by atoms with Crippen molar-refractivity contribution >= 4 is 11.7 Å². The Labute approximate surface area is 114 Å². The zero-order valence-corrected chi connectivity index (χ0v) is 11.4. The van der Waals surface area contributed by atoms with Crippen molar-refractivity contribution in [3.8, 4) is 0 Å². The van der Waals surface area contributed by atoms with Crippen molar-refractivity contribution in [2.45, 2.75) is 25.3 Å². The van der Waals surface area contributed by atoms with Gasteiger partial charge in [-0.2, -0.15) is 0 Å². The predicted octanol–water partition coefficient (Wildman–Crippen LogP) is 1.09. The number of anilines is 1. The Hall–Kier alpha value is -1.62. The van der Waals surface area contributed by atoms with E-state index in [1.54, 1.807) is 13.2 Å². The summed E-state index contributed by atoms with van der Waals surface area (Å²) in [6.07, 6.45) is 4.60. The molecule has 1 saturated heterocycles. The number of nitrogens with one attached hydrogen (secondary N) is 2. The highest BCUT2D eigenvalue weighted by Gasteiger charge is 2.19. The Morgan fingerprint density at radius 2 is 2.21 bits per heavy atom. The number of amides is 1. The number of nitrogens with zero attached hydrogens (tertiary/aromatic N) is 2. The number of carbonyl (C=O) groups is 1. The highest BCUT2D eigenvalue weighted by Crippen LogP contribution is 2.14. The third kappa shape index (κ3) is 4.52. The van der Waals surface area contributed by atoms with Gasteiger partial charge in [0.15, 0.2) is 0 Å². The third-order valence-corrected chi connectivity index (χ3v) is 3.54. The summed E-state index contributed by atoms with van der Waals surface area (Å²) in [7, 11) is 1.69. The van der Waals surface area contributed by atoms with Gasteiger partial charge in [0.05, 0.1) is 0 Å². The molecular weight excluding hydrogens is 240 g/mol. The second-order valence-electron chi connectivity index (χ2n) is 4.90. The van der Waals surface area contributed by atoms with Crippen LogP contribution in [0.4, 0.5) is 5.82 Å². The van der Waals surface area contributed by atoms with Gasteiger partial charge in [0, 0.05) is 45.3 Å². The average Bonchev–Trinajstić information content (AvgIpc) is 2.47. The number of hydrogen-bond acceptors (Lipinski definition) is 4. The molecule has 0 spiro atoms.